The fourth-order valence-electron chi connectivity index (χ4n) is 1.84. The van der Waals surface area contributed by atoms with E-state index in [9.17, 15) is 0 Å². The van der Waals surface area contributed by atoms with Gasteiger partial charge in [-0.15, -0.1) is 0 Å². The molecule has 1 aromatic carbocycles. The number of hydrogen-bond donors (Lipinski definition) is 0. The maximum atomic E-state index is 5.32. The lowest BCUT2D eigenvalue weighted by molar-refractivity contribution is 0.392. The van der Waals surface area contributed by atoms with Crippen LogP contribution in [0.2, 0.25) is 0 Å². The second-order valence-corrected chi connectivity index (χ2v) is 4.89. The van der Waals surface area contributed by atoms with Gasteiger partial charge in [-0.1, -0.05) is 22.9 Å². The molecule has 0 atom stereocenters. The second-order valence-electron chi connectivity index (χ2n) is 4.89. The van der Waals surface area contributed by atoms with Gasteiger partial charge in [0.1, 0.15) is 0 Å². The molecule has 0 bridgehead atoms. The second kappa shape index (κ2) is 5.31. The maximum absolute atomic E-state index is 5.32. The van der Waals surface area contributed by atoms with Crippen LogP contribution in [-0.4, -0.2) is 35.7 Å². The fraction of sp³-hybridized carbons (Fsp3) is 0.429. The molecule has 1 heterocycles. The van der Waals surface area contributed by atoms with Crippen LogP contribution in [0.4, 0.5) is 0 Å². The zero-order valence-electron chi connectivity index (χ0n) is 11.4. The molecule has 4 nitrogen and oxygen atoms in total. The van der Waals surface area contributed by atoms with Crippen LogP contribution in [0.25, 0.3) is 11.5 Å². The third-order valence-corrected chi connectivity index (χ3v) is 2.86. The van der Waals surface area contributed by atoms with Gasteiger partial charge in [-0.25, -0.2) is 0 Å². The van der Waals surface area contributed by atoms with Gasteiger partial charge >= 0.3 is 0 Å². The highest BCUT2D eigenvalue weighted by Crippen LogP contribution is 2.22. The van der Waals surface area contributed by atoms with Crippen LogP contribution in [0, 0.1) is 13.8 Å². The predicted octanol–water partition coefficient (Wildman–Crippen LogP) is 2.46. The zero-order chi connectivity index (χ0) is 13.1. The highest BCUT2D eigenvalue weighted by molar-refractivity contribution is 5.58. The molecular weight excluding hydrogens is 226 g/mol. The molecule has 0 N–H and O–H groups in total. The van der Waals surface area contributed by atoms with E-state index in [2.05, 4.69) is 41.0 Å². The van der Waals surface area contributed by atoms with Crippen LogP contribution in [0.15, 0.2) is 22.7 Å². The summed E-state index contributed by atoms with van der Waals surface area (Å²) in [4.78, 5) is 6.54. The third kappa shape index (κ3) is 2.96. The van der Waals surface area contributed by atoms with E-state index >= 15 is 0 Å². The highest BCUT2D eigenvalue weighted by Gasteiger charge is 2.11. The Hall–Kier alpha value is -1.68. The van der Waals surface area contributed by atoms with Crippen molar-refractivity contribution in [3.05, 3.63) is 35.2 Å². The van der Waals surface area contributed by atoms with Gasteiger partial charge in [0.25, 0.3) is 5.89 Å². The van der Waals surface area contributed by atoms with Gasteiger partial charge in [-0.3, -0.25) is 0 Å². The van der Waals surface area contributed by atoms with Crippen LogP contribution in [0.3, 0.4) is 0 Å². The monoisotopic (exact) mass is 245 g/mol. The molecule has 0 amide bonds. The Morgan fingerprint density at radius 3 is 2.67 bits per heavy atom. The van der Waals surface area contributed by atoms with Gasteiger partial charge in [0.05, 0.1) is 0 Å². The lowest BCUT2D eigenvalue weighted by atomic mass is 10.1. The van der Waals surface area contributed by atoms with Crippen LogP contribution in [0.1, 0.15) is 17.0 Å². The van der Waals surface area contributed by atoms with Crippen LogP contribution >= 0.6 is 0 Å². The van der Waals surface area contributed by atoms with Gasteiger partial charge in [0, 0.05) is 18.5 Å². The lowest BCUT2D eigenvalue weighted by Gasteiger charge is -2.05. The number of hydrogen-bond acceptors (Lipinski definition) is 4. The van der Waals surface area contributed by atoms with Gasteiger partial charge < -0.3 is 9.42 Å². The Morgan fingerprint density at radius 2 is 2.00 bits per heavy atom. The number of likely N-dealkylation sites (N-methyl/N-ethyl adjacent to an activating group) is 1. The molecule has 1 aromatic heterocycles. The average molecular weight is 245 g/mol. The molecule has 18 heavy (non-hydrogen) atoms. The molecule has 0 aliphatic carbocycles. The Morgan fingerprint density at radius 1 is 1.22 bits per heavy atom. The first-order chi connectivity index (χ1) is 8.56. The number of nitrogens with zero attached hydrogens (tertiary/aromatic N) is 3. The minimum atomic E-state index is 0.612. The minimum absolute atomic E-state index is 0.612. The number of aromatic nitrogens is 2. The van der Waals surface area contributed by atoms with Crippen molar-refractivity contribution in [2.75, 3.05) is 20.6 Å². The Bertz CT molecular complexity index is 532. The summed E-state index contributed by atoms with van der Waals surface area (Å²) in [5.74, 6) is 1.37. The van der Waals surface area contributed by atoms with Crippen molar-refractivity contribution in [3.63, 3.8) is 0 Å². The molecule has 0 unspecified atom stereocenters. The predicted molar refractivity (Wildman–Crippen MR) is 71.5 cm³/mol. The summed E-state index contributed by atoms with van der Waals surface area (Å²) in [6, 6.07) is 6.22. The Kier molecular flexibility index (Phi) is 3.77. The molecule has 2 rings (SSSR count). The van der Waals surface area contributed by atoms with E-state index in [0.717, 1.165) is 29.9 Å². The number of aryl methyl sites for hydroxylation is 2. The fourth-order valence-corrected chi connectivity index (χ4v) is 1.84. The quantitative estimate of drug-likeness (QED) is 0.829. The van der Waals surface area contributed by atoms with Crippen molar-refractivity contribution in [1.29, 1.82) is 0 Å². The summed E-state index contributed by atoms with van der Waals surface area (Å²) in [7, 11) is 4.07. The van der Waals surface area contributed by atoms with Crippen molar-refractivity contribution >= 4 is 0 Å². The largest absolute Gasteiger partial charge is 0.334 e. The SMILES string of the molecule is Cc1ccc(-c2nc(CCN(C)C)no2)c(C)c1. The summed E-state index contributed by atoms with van der Waals surface area (Å²) < 4.78 is 5.32. The molecular formula is C14H19N3O. The zero-order valence-corrected chi connectivity index (χ0v) is 11.4. The van der Waals surface area contributed by atoms with Crippen molar-refractivity contribution < 1.29 is 4.52 Å². The third-order valence-electron chi connectivity index (χ3n) is 2.86. The molecule has 0 saturated heterocycles. The van der Waals surface area contributed by atoms with Crippen molar-refractivity contribution in [1.82, 2.24) is 15.0 Å². The first-order valence-corrected chi connectivity index (χ1v) is 6.11. The average Bonchev–Trinajstić information content (AvgIpc) is 2.75. The molecule has 0 fully saturated rings. The molecule has 0 aliphatic rings. The van der Waals surface area contributed by atoms with Crippen molar-refractivity contribution in [2.45, 2.75) is 20.3 Å². The van der Waals surface area contributed by atoms with E-state index in [4.69, 9.17) is 4.52 Å². The first kappa shape index (κ1) is 12.8. The van der Waals surface area contributed by atoms with E-state index in [0.29, 0.717) is 5.89 Å². The molecule has 96 valence electrons. The van der Waals surface area contributed by atoms with E-state index in [1.54, 1.807) is 0 Å². The molecule has 0 radical (unpaired) electrons. The molecule has 0 spiro atoms. The minimum Gasteiger partial charge on any atom is -0.334 e. The van der Waals surface area contributed by atoms with Gasteiger partial charge in [0.2, 0.25) is 0 Å². The van der Waals surface area contributed by atoms with Gasteiger partial charge in [-0.05, 0) is 39.6 Å². The molecule has 2 aromatic rings. The Balaban J connectivity index is 2.18. The van der Waals surface area contributed by atoms with E-state index in [1.807, 2.05) is 20.2 Å². The maximum Gasteiger partial charge on any atom is 0.258 e. The summed E-state index contributed by atoms with van der Waals surface area (Å²) >= 11 is 0. The van der Waals surface area contributed by atoms with E-state index in [-0.39, 0.29) is 0 Å². The van der Waals surface area contributed by atoms with Crippen LogP contribution in [0.5, 0.6) is 0 Å². The summed E-state index contributed by atoms with van der Waals surface area (Å²) in [5, 5.41) is 4.02. The lowest BCUT2D eigenvalue weighted by Crippen LogP contribution is -2.15. The first-order valence-electron chi connectivity index (χ1n) is 6.11. The topological polar surface area (TPSA) is 42.2 Å². The smallest absolute Gasteiger partial charge is 0.258 e. The van der Waals surface area contributed by atoms with Crippen molar-refractivity contribution in [3.8, 4) is 11.5 Å². The van der Waals surface area contributed by atoms with Gasteiger partial charge in [0.15, 0.2) is 5.82 Å². The highest BCUT2D eigenvalue weighted by atomic mass is 16.5. The summed E-state index contributed by atoms with van der Waals surface area (Å²) in [6.45, 7) is 5.06. The van der Waals surface area contributed by atoms with Gasteiger partial charge in [-0.2, -0.15) is 4.98 Å². The van der Waals surface area contributed by atoms with Crippen LogP contribution in [-0.2, 0) is 6.42 Å². The summed E-state index contributed by atoms with van der Waals surface area (Å²) in [6.07, 6.45) is 0.807. The molecule has 4 heteroatoms. The molecule has 0 saturated carbocycles. The Labute approximate surface area is 108 Å². The normalized spacial score (nSPS) is 11.2. The number of benzene rings is 1. The molecule has 0 aliphatic heterocycles. The van der Waals surface area contributed by atoms with E-state index < -0.39 is 0 Å². The standard InChI is InChI=1S/C14H19N3O/c1-10-5-6-12(11(2)9-10)14-15-13(16-18-14)7-8-17(3)4/h5-6,9H,7-8H2,1-4H3. The van der Waals surface area contributed by atoms with Crippen LogP contribution < -0.4 is 0 Å². The summed E-state index contributed by atoms with van der Waals surface area (Å²) in [5.41, 5.74) is 3.42. The van der Waals surface area contributed by atoms with Crippen molar-refractivity contribution in [2.24, 2.45) is 0 Å². The number of rotatable bonds is 4. The van der Waals surface area contributed by atoms with E-state index in [1.165, 1.54) is 5.56 Å².